The normalized spacial score (nSPS) is 23.4. The fraction of sp³-hybridized carbons (Fsp3) is 0.391. The van der Waals surface area contributed by atoms with Crippen LogP contribution in [0, 0.1) is 0 Å². The van der Waals surface area contributed by atoms with Gasteiger partial charge in [-0.2, -0.15) is 4.68 Å². The van der Waals surface area contributed by atoms with Crippen molar-refractivity contribution in [3.8, 4) is 11.8 Å². The Morgan fingerprint density at radius 3 is 2.76 bits per heavy atom. The van der Waals surface area contributed by atoms with Gasteiger partial charge in [0.1, 0.15) is 24.0 Å². The van der Waals surface area contributed by atoms with Crippen LogP contribution in [0.15, 0.2) is 54.6 Å². The minimum Gasteiger partial charge on any atom is -0.423 e. The van der Waals surface area contributed by atoms with Crippen molar-refractivity contribution in [2.24, 2.45) is 0 Å². The first-order valence-electron chi connectivity index (χ1n) is 11.1. The van der Waals surface area contributed by atoms with Crippen LogP contribution in [0.2, 0.25) is 0 Å². The average Bonchev–Trinajstić information content (AvgIpc) is 3.56. The third-order valence-electron chi connectivity index (χ3n) is 5.96. The van der Waals surface area contributed by atoms with Crippen molar-refractivity contribution in [1.82, 2.24) is 30.8 Å². The maximum Gasteiger partial charge on any atom is 0.341 e. The fourth-order valence-corrected chi connectivity index (χ4v) is 4.20. The SMILES string of the molecule is CN(C)c1cccc(Oc2nnnn2C2COC3C(NC(=O)NCc4ccccc4)COC32)c1. The number of ether oxygens (including phenoxy) is 3. The van der Waals surface area contributed by atoms with Gasteiger partial charge in [-0.15, -0.1) is 0 Å². The van der Waals surface area contributed by atoms with Crippen molar-refractivity contribution in [3.05, 3.63) is 60.2 Å². The number of hydrogen-bond donors (Lipinski definition) is 2. The summed E-state index contributed by atoms with van der Waals surface area (Å²) in [5.41, 5.74) is 2.03. The number of carbonyl (C=O) groups excluding carboxylic acids is 1. The zero-order valence-corrected chi connectivity index (χ0v) is 19.0. The van der Waals surface area contributed by atoms with Crippen molar-refractivity contribution in [2.45, 2.75) is 30.8 Å². The molecule has 3 aromatic rings. The topological polar surface area (TPSA) is 116 Å². The molecule has 5 rings (SSSR count). The molecule has 2 N–H and O–H groups in total. The Bertz CT molecular complexity index is 1120. The van der Waals surface area contributed by atoms with E-state index in [1.807, 2.05) is 73.6 Å². The predicted molar refractivity (Wildman–Crippen MR) is 123 cm³/mol. The third kappa shape index (κ3) is 4.66. The Kier molecular flexibility index (Phi) is 6.28. The van der Waals surface area contributed by atoms with Crippen LogP contribution in [-0.4, -0.2) is 71.8 Å². The smallest absolute Gasteiger partial charge is 0.341 e. The molecule has 34 heavy (non-hydrogen) atoms. The van der Waals surface area contributed by atoms with E-state index in [1.165, 1.54) is 0 Å². The van der Waals surface area contributed by atoms with E-state index < -0.39 is 0 Å². The first-order chi connectivity index (χ1) is 16.6. The highest BCUT2D eigenvalue weighted by atomic mass is 16.6. The van der Waals surface area contributed by atoms with E-state index >= 15 is 0 Å². The lowest BCUT2D eigenvalue weighted by Gasteiger charge is -2.18. The van der Waals surface area contributed by atoms with E-state index in [0.717, 1.165) is 11.3 Å². The number of carbonyl (C=O) groups is 1. The Morgan fingerprint density at radius 2 is 1.94 bits per heavy atom. The molecule has 0 spiro atoms. The molecule has 4 atom stereocenters. The number of hydrogen-bond acceptors (Lipinski definition) is 8. The van der Waals surface area contributed by atoms with Crippen molar-refractivity contribution in [2.75, 3.05) is 32.2 Å². The number of rotatable bonds is 7. The molecule has 1 aromatic heterocycles. The molecule has 2 aromatic carbocycles. The molecule has 11 nitrogen and oxygen atoms in total. The molecule has 2 amide bonds. The number of anilines is 1. The van der Waals surface area contributed by atoms with Gasteiger partial charge in [0.25, 0.3) is 0 Å². The van der Waals surface area contributed by atoms with E-state index in [1.54, 1.807) is 4.68 Å². The summed E-state index contributed by atoms with van der Waals surface area (Å²) in [7, 11) is 3.92. The lowest BCUT2D eigenvalue weighted by Crippen LogP contribution is -2.48. The van der Waals surface area contributed by atoms with Crippen LogP contribution < -0.4 is 20.3 Å². The standard InChI is InChI=1S/C23H27N7O4/c1-29(2)16-9-6-10-17(11-16)34-23-26-27-28-30(23)19-14-33-20-18(13-32-21(19)20)25-22(31)24-12-15-7-4-3-5-8-15/h3-11,18-21H,12-14H2,1-2H3,(H2,24,25,31). The first kappa shape index (κ1) is 22.1. The number of aromatic nitrogens is 4. The van der Waals surface area contributed by atoms with Gasteiger partial charge in [-0.3, -0.25) is 0 Å². The summed E-state index contributed by atoms with van der Waals surface area (Å²) in [6.07, 6.45) is -0.611. The molecule has 0 aliphatic carbocycles. The van der Waals surface area contributed by atoms with Gasteiger partial charge >= 0.3 is 12.0 Å². The van der Waals surface area contributed by atoms with E-state index in [4.69, 9.17) is 14.2 Å². The van der Waals surface area contributed by atoms with Crippen LogP contribution in [-0.2, 0) is 16.0 Å². The number of fused-ring (bicyclic) bond motifs is 1. The van der Waals surface area contributed by atoms with Gasteiger partial charge in [-0.1, -0.05) is 41.5 Å². The van der Waals surface area contributed by atoms with Gasteiger partial charge in [0, 0.05) is 32.4 Å². The molecule has 11 heteroatoms. The molecule has 178 valence electrons. The van der Waals surface area contributed by atoms with E-state index in [-0.39, 0.29) is 36.3 Å². The quantitative estimate of drug-likeness (QED) is 0.542. The molecule has 0 saturated carbocycles. The van der Waals surface area contributed by atoms with Gasteiger partial charge < -0.3 is 29.7 Å². The Balaban J connectivity index is 1.21. The largest absolute Gasteiger partial charge is 0.423 e. The van der Waals surface area contributed by atoms with E-state index in [0.29, 0.717) is 25.5 Å². The maximum atomic E-state index is 12.4. The van der Waals surface area contributed by atoms with Gasteiger partial charge in [0.15, 0.2) is 0 Å². The second-order valence-corrected chi connectivity index (χ2v) is 8.48. The van der Waals surface area contributed by atoms with Crippen LogP contribution in [0.1, 0.15) is 11.6 Å². The van der Waals surface area contributed by atoms with Gasteiger partial charge in [-0.05, 0) is 28.1 Å². The van der Waals surface area contributed by atoms with Crippen molar-refractivity contribution in [1.29, 1.82) is 0 Å². The van der Waals surface area contributed by atoms with Crippen LogP contribution in [0.4, 0.5) is 10.5 Å². The lowest BCUT2D eigenvalue weighted by molar-refractivity contribution is 0.0613. The van der Waals surface area contributed by atoms with Gasteiger partial charge in [0.2, 0.25) is 0 Å². The highest BCUT2D eigenvalue weighted by Gasteiger charge is 2.50. The molecular weight excluding hydrogens is 438 g/mol. The molecular formula is C23H27N7O4. The Hall–Kier alpha value is -3.70. The second kappa shape index (κ2) is 9.65. The number of tetrazole rings is 1. The minimum atomic E-state index is -0.307. The molecule has 3 heterocycles. The van der Waals surface area contributed by atoms with Crippen LogP contribution in [0.5, 0.6) is 11.8 Å². The summed E-state index contributed by atoms with van der Waals surface area (Å²) in [5.74, 6) is 0.625. The summed E-state index contributed by atoms with van der Waals surface area (Å²) in [5, 5.41) is 17.8. The van der Waals surface area contributed by atoms with Crippen LogP contribution in [0.25, 0.3) is 0 Å². The third-order valence-corrected chi connectivity index (χ3v) is 5.96. The number of nitrogens with zero attached hydrogens (tertiary/aromatic N) is 5. The molecule has 2 aliphatic heterocycles. The highest BCUT2D eigenvalue weighted by molar-refractivity contribution is 5.74. The van der Waals surface area contributed by atoms with Gasteiger partial charge in [0.05, 0.1) is 19.3 Å². The monoisotopic (exact) mass is 465 g/mol. The summed E-state index contributed by atoms with van der Waals surface area (Å²) >= 11 is 0. The molecule has 0 bridgehead atoms. The minimum absolute atomic E-state index is 0.255. The maximum absolute atomic E-state index is 12.4. The Morgan fingerprint density at radius 1 is 1.12 bits per heavy atom. The number of nitrogens with one attached hydrogen (secondary N) is 2. The predicted octanol–water partition coefficient (Wildman–Crippen LogP) is 1.74. The zero-order chi connectivity index (χ0) is 23.5. The Labute approximate surface area is 197 Å². The summed E-state index contributed by atoms with van der Waals surface area (Å²) in [4.78, 5) is 14.4. The van der Waals surface area contributed by atoms with Crippen LogP contribution >= 0.6 is 0 Å². The van der Waals surface area contributed by atoms with Crippen molar-refractivity contribution < 1.29 is 19.0 Å². The molecule has 4 unspecified atom stereocenters. The molecule has 2 aliphatic rings. The van der Waals surface area contributed by atoms with Crippen molar-refractivity contribution >= 4 is 11.7 Å². The highest BCUT2D eigenvalue weighted by Crippen LogP contribution is 2.36. The molecule has 2 fully saturated rings. The zero-order valence-electron chi connectivity index (χ0n) is 19.0. The lowest BCUT2D eigenvalue weighted by atomic mass is 10.1. The number of amides is 2. The first-order valence-corrected chi connectivity index (χ1v) is 11.1. The van der Waals surface area contributed by atoms with Gasteiger partial charge in [-0.25, -0.2) is 4.79 Å². The van der Waals surface area contributed by atoms with Crippen LogP contribution in [0.3, 0.4) is 0 Å². The van der Waals surface area contributed by atoms with Crippen molar-refractivity contribution in [3.63, 3.8) is 0 Å². The summed E-state index contributed by atoms with van der Waals surface area (Å²) in [6, 6.07) is 16.8. The number of urea groups is 1. The second-order valence-electron chi connectivity index (χ2n) is 8.48. The molecule has 2 saturated heterocycles. The number of benzene rings is 2. The van der Waals surface area contributed by atoms with E-state index in [2.05, 4.69) is 26.2 Å². The summed E-state index contributed by atoms with van der Waals surface area (Å²) in [6.45, 7) is 1.13. The molecule has 0 radical (unpaired) electrons. The van der Waals surface area contributed by atoms with E-state index in [9.17, 15) is 4.79 Å². The fourth-order valence-electron chi connectivity index (χ4n) is 4.20. The average molecular weight is 466 g/mol. The summed E-state index contributed by atoms with van der Waals surface area (Å²) < 4.78 is 19.6.